The molecule has 6 nitrogen and oxygen atoms in total. The highest BCUT2D eigenvalue weighted by molar-refractivity contribution is 5.91. The minimum atomic E-state index is -4.72. The molecule has 3 N–H and O–H groups in total. The van der Waals surface area contributed by atoms with Gasteiger partial charge in [-0.2, -0.15) is 5.10 Å². The van der Waals surface area contributed by atoms with Gasteiger partial charge in [0.25, 0.3) is 0 Å². The zero-order valence-electron chi connectivity index (χ0n) is 12.9. The second-order valence-electron chi connectivity index (χ2n) is 5.79. The van der Waals surface area contributed by atoms with Crippen molar-refractivity contribution in [1.82, 2.24) is 20.1 Å². The molecule has 2 aromatic heterocycles. The number of aromatic nitrogens is 3. The minimum Gasteiger partial charge on any atom is -0.406 e. The molecule has 0 atom stereocenters. The topological polar surface area (TPSA) is 78.0 Å². The van der Waals surface area contributed by atoms with Crippen molar-refractivity contribution in [2.24, 2.45) is 0 Å². The van der Waals surface area contributed by atoms with Crippen LogP contribution in [0.15, 0.2) is 36.5 Å². The number of ether oxygens (including phenoxy) is 1. The Morgan fingerprint density at radius 2 is 1.88 bits per heavy atom. The van der Waals surface area contributed by atoms with Crippen LogP contribution in [-0.4, -0.2) is 34.2 Å². The molecule has 4 rings (SSSR count). The molecule has 0 radical (unpaired) electrons. The Morgan fingerprint density at radius 1 is 1.16 bits per heavy atom. The van der Waals surface area contributed by atoms with E-state index in [2.05, 4.69) is 20.1 Å². The molecule has 1 fully saturated rings. The van der Waals surface area contributed by atoms with Crippen LogP contribution < -0.4 is 15.8 Å². The SMILES string of the molecule is Nc1ccnc2c1c(C1CNC1)nn2-c1ccc(OC(F)(F)F)cc1. The molecule has 0 aliphatic carbocycles. The van der Waals surface area contributed by atoms with Crippen LogP contribution in [0.5, 0.6) is 5.75 Å². The summed E-state index contributed by atoms with van der Waals surface area (Å²) in [7, 11) is 0. The molecule has 9 heteroatoms. The third-order valence-electron chi connectivity index (χ3n) is 4.11. The number of nitrogens with two attached hydrogens (primary N) is 1. The van der Waals surface area contributed by atoms with Crippen molar-refractivity contribution in [2.75, 3.05) is 18.8 Å². The molecule has 0 spiro atoms. The number of nitrogen functional groups attached to an aromatic ring is 1. The van der Waals surface area contributed by atoms with Gasteiger partial charge in [-0.25, -0.2) is 9.67 Å². The van der Waals surface area contributed by atoms with Crippen molar-refractivity contribution < 1.29 is 17.9 Å². The summed E-state index contributed by atoms with van der Waals surface area (Å²) in [5.74, 6) is -0.0494. The first-order chi connectivity index (χ1) is 11.9. The quantitative estimate of drug-likeness (QED) is 0.760. The fourth-order valence-corrected chi connectivity index (χ4v) is 2.83. The van der Waals surface area contributed by atoms with E-state index in [-0.39, 0.29) is 11.7 Å². The molecule has 25 heavy (non-hydrogen) atoms. The van der Waals surface area contributed by atoms with Gasteiger partial charge >= 0.3 is 6.36 Å². The average molecular weight is 349 g/mol. The molecule has 1 aromatic carbocycles. The molecular formula is C16H14F3N5O. The molecule has 1 aliphatic heterocycles. The van der Waals surface area contributed by atoms with Crippen molar-refractivity contribution in [2.45, 2.75) is 12.3 Å². The maximum Gasteiger partial charge on any atom is 0.573 e. The van der Waals surface area contributed by atoms with Gasteiger partial charge in [0.2, 0.25) is 0 Å². The second-order valence-corrected chi connectivity index (χ2v) is 5.79. The summed E-state index contributed by atoms with van der Waals surface area (Å²) in [6.45, 7) is 1.61. The molecule has 1 aliphatic rings. The minimum absolute atomic E-state index is 0.239. The van der Waals surface area contributed by atoms with E-state index >= 15 is 0 Å². The lowest BCUT2D eigenvalue weighted by molar-refractivity contribution is -0.274. The Bertz CT molecular complexity index is 916. The van der Waals surface area contributed by atoms with Gasteiger partial charge in [-0.15, -0.1) is 13.2 Å². The van der Waals surface area contributed by atoms with Crippen molar-refractivity contribution in [3.05, 3.63) is 42.2 Å². The van der Waals surface area contributed by atoms with Gasteiger partial charge in [0.15, 0.2) is 5.65 Å². The number of alkyl halides is 3. The van der Waals surface area contributed by atoms with Crippen LogP contribution in [0.1, 0.15) is 11.6 Å². The Labute approximate surface area is 140 Å². The largest absolute Gasteiger partial charge is 0.573 e. The maximum absolute atomic E-state index is 12.3. The zero-order valence-corrected chi connectivity index (χ0v) is 12.9. The molecule has 0 saturated carbocycles. The van der Waals surface area contributed by atoms with Gasteiger partial charge in [0, 0.05) is 30.9 Å². The van der Waals surface area contributed by atoms with E-state index in [1.165, 1.54) is 24.3 Å². The summed E-state index contributed by atoms with van der Waals surface area (Å²) in [4.78, 5) is 4.35. The summed E-state index contributed by atoms with van der Waals surface area (Å²) in [5, 5.41) is 8.59. The lowest BCUT2D eigenvalue weighted by Gasteiger charge is -2.25. The first-order valence-corrected chi connectivity index (χ1v) is 7.62. The number of pyridine rings is 1. The molecule has 1 saturated heterocycles. The zero-order chi connectivity index (χ0) is 17.6. The molecule has 3 aromatic rings. The third kappa shape index (κ3) is 2.86. The van der Waals surface area contributed by atoms with Gasteiger partial charge in [-0.3, -0.25) is 0 Å². The van der Waals surface area contributed by atoms with E-state index in [1.807, 2.05) is 0 Å². The van der Waals surface area contributed by atoms with E-state index < -0.39 is 6.36 Å². The third-order valence-corrected chi connectivity index (χ3v) is 4.11. The van der Waals surface area contributed by atoms with Crippen LogP contribution in [0.3, 0.4) is 0 Å². The van der Waals surface area contributed by atoms with E-state index in [9.17, 15) is 13.2 Å². The standard InChI is InChI=1S/C16H14F3N5O/c17-16(18,19)25-11-3-1-10(2-4-11)24-15-13(12(20)5-6-22-15)14(23-24)9-7-21-8-9/h1-6,9,21H,7-8H2,(H2,20,22). The number of benzene rings is 1. The molecule has 3 heterocycles. The molecule has 0 amide bonds. The number of hydrogen-bond donors (Lipinski definition) is 2. The van der Waals surface area contributed by atoms with Crippen molar-refractivity contribution >= 4 is 16.7 Å². The van der Waals surface area contributed by atoms with E-state index in [0.29, 0.717) is 17.0 Å². The Kier molecular flexibility index (Phi) is 3.53. The van der Waals surface area contributed by atoms with E-state index in [4.69, 9.17) is 5.73 Å². The molecule has 0 unspecified atom stereocenters. The number of hydrogen-bond acceptors (Lipinski definition) is 5. The smallest absolute Gasteiger partial charge is 0.406 e. The lowest BCUT2D eigenvalue weighted by Crippen LogP contribution is -2.40. The Balaban J connectivity index is 1.77. The first kappa shape index (κ1) is 15.7. The summed E-state index contributed by atoms with van der Waals surface area (Å²) >= 11 is 0. The Morgan fingerprint density at radius 3 is 2.48 bits per heavy atom. The van der Waals surface area contributed by atoms with Crippen LogP contribution in [0.2, 0.25) is 0 Å². The number of fused-ring (bicyclic) bond motifs is 1. The predicted molar refractivity (Wildman–Crippen MR) is 85.6 cm³/mol. The lowest BCUT2D eigenvalue weighted by atomic mass is 9.97. The van der Waals surface area contributed by atoms with Crippen molar-refractivity contribution in [1.29, 1.82) is 0 Å². The second kappa shape index (κ2) is 5.62. The van der Waals surface area contributed by atoms with Crippen LogP contribution in [0.25, 0.3) is 16.7 Å². The number of nitrogens with zero attached hydrogens (tertiary/aromatic N) is 3. The number of halogens is 3. The molecule has 0 bridgehead atoms. The fraction of sp³-hybridized carbons (Fsp3) is 0.250. The summed E-state index contributed by atoms with van der Waals surface area (Å²) in [5.41, 5.74) is 8.68. The maximum atomic E-state index is 12.3. The highest BCUT2D eigenvalue weighted by Gasteiger charge is 2.31. The van der Waals surface area contributed by atoms with Gasteiger partial charge in [-0.05, 0) is 30.3 Å². The summed E-state index contributed by atoms with van der Waals surface area (Å²) in [6.07, 6.45) is -3.14. The average Bonchev–Trinajstić information content (AvgIpc) is 2.85. The Hall–Kier alpha value is -2.81. The summed E-state index contributed by atoms with van der Waals surface area (Å²) in [6, 6.07) is 7.20. The van der Waals surface area contributed by atoms with Gasteiger partial charge < -0.3 is 15.8 Å². The first-order valence-electron chi connectivity index (χ1n) is 7.62. The summed E-state index contributed by atoms with van der Waals surface area (Å²) < 4.78 is 42.3. The number of nitrogens with one attached hydrogen (secondary N) is 1. The number of rotatable bonds is 3. The monoisotopic (exact) mass is 349 g/mol. The van der Waals surface area contributed by atoms with Crippen LogP contribution in [0.4, 0.5) is 18.9 Å². The van der Waals surface area contributed by atoms with Gasteiger partial charge in [0.1, 0.15) is 5.75 Å². The van der Waals surface area contributed by atoms with Crippen molar-refractivity contribution in [3.63, 3.8) is 0 Å². The van der Waals surface area contributed by atoms with Crippen LogP contribution >= 0.6 is 0 Å². The van der Waals surface area contributed by atoms with E-state index in [0.717, 1.165) is 24.2 Å². The van der Waals surface area contributed by atoms with E-state index in [1.54, 1.807) is 16.9 Å². The fourth-order valence-electron chi connectivity index (χ4n) is 2.83. The van der Waals surface area contributed by atoms with Gasteiger partial charge in [-0.1, -0.05) is 0 Å². The van der Waals surface area contributed by atoms with Gasteiger partial charge in [0.05, 0.1) is 16.8 Å². The molecule has 130 valence electrons. The predicted octanol–water partition coefficient (Wildman–Crippen LogP) is 2.59. The highest BCUT2D eigenvalue weighted by atomic mass is 19.4. The normalized spacial score (nSPS) is 15.3. The number of anilines is 1. The van der Waals surface area contributed by atoms with Crippen LogP contribution in [0, 0.1) is 0 Å². The van der Waals surface area contributed by atoms with Crippen LogP contribution in [-0.2, 0) is 0 Å². The highest BCUT2D eigenvalue weighted by Crippen LogP contribution is 2.32. The molecular weight excluding hydrogens is 335 g/mol. The van der Waals surface area contributed by atoms with Crippen molar-refractivity contribution in [3.8, 4) is 11.4 Å².